The summed E-state index contributed by atoms with van der Waals surface area (Å²) >= 11 is 0. The second-order valence-corrected chi connectivity index (χ2v) is 7.16. The van der Waals surface area contributed by atoms with Gasteiger partial charge in [-0.15, -0.1) is 0 Å². The van der Waals surface area contributed by atoms with Crippen LogP contribution >= 0.6 is 0 Å². The van der Waals surface area contributed by atoms with E-state index in [0.29, 0.717) is 44.9 Å². The predicted molar refractivity (Wildman–Crippen MR) is 98.1 cm³/mol. The number of carbonyl (C=O) groups excluding carboxylic acids is 2. The van der Waals surface area contributed by atoms with E-state index >= 15 is 0 Å². The van der Waals surface area contributed by atoms with Gasteiger partial charge in [0.2, 0.25) is 11.8 Å². The molecule has 0 bridgehead atoms. The number of hydrogen-bond donors (Lipinski definition) is 1. The molecule has 25 heavy (non-hydrogen) atoms. The maximum Gasteiger partial charge on any atom is 0.227 e. The summed E-state index contributed by atoms with van der Waals surface area (Å²) in [6.07, 6.45) is 4.49. The molecular formula is C20H29N3O2. The summed E-state index contributed by atoms with van der Waals surface area (Å²) in [4.78, 5) is 28.6. The van der Waals surface area contributed by atoms with E-state index in [4.69, 9.17) is 0 Å². The van der Waals surface area contributed by atoms with E-state index in [9.17, 15) is 9.59 Å². The average Bonchev–Trinajstić information content (AvgIpc) is 2.68. The third kappa shape index (κ3) is 5.30. The summed E-state index contributed by atoms with van der Waals surface area (Å²) in [5, 5.41) is 3.37. The van der Waals surface area contributed by atoms with Crippen molar-refractivity contribution in [2.75, 3.05) is 39.3 Å². The van der Waals surface area contributed by atoms with Gasteiger partial charge in [0.05, 0.1) is 6.42 Å². The SMILES string of the molecule is O=C(CCC1CCNCC1)N1CCN(C(=O)Cc2ccccc2)CC1. The molecule has 2 aliphatic heterocycles. The van der Waals surface area contributed by atoms with Gasteiger partial charge in [0.15, 0.2) is 0 Å². The van der Waals surface area contributed by atoms with Crippen molar-refractivity contribution in [2.45, 2.75) is 32.1 Å². The standard InChI is InChI=1S/C20H29N3O2/c24-19(7-6-17-8-10-21-11-9-17)22-12-14-23(15-13-22)20(25)16-18-4-2-1-3-5-18/h1-5,17,21H,6-16H2. The molecular weight excluding hydrogens is 314 g/mol. The summed E-state index contributed by atoms with van der Waals surface area (Å²) in [5.74, 6) is 1.11. The number of carbonyl (C=O) groups is 2. The number of amides is 2. The Bertz CT molecular complexity index is 562. The van der Waals surface area contributed by atoms with Crippen LogP contribution in [0.4, 0.5) is 0 Å². The van der Waals surface area contributed by atoms with Crippen molar-refractivity contribution < 1.29 is 9.59 Å². The monoisotopic (exact) mass is 343 g/mol. The molecule has 3 rings (SSSR count). The fraction of sp³-hybridized carbons (Fsp3) is 0.600. The average molecular weight is 343 g/mol. The van der Waals surface area contributed by atoms with Crippen LogP contribution in [0.15, 0.2) is 30.3 Å². The van der Waals surface area contributed by atoms with Crippen LogP contribution in [0.1, 0.15) is 31.2 Å². The summed E-state index contributed by atoms with van der Waals surface area (Å²) in [6, 6.07) is 9.85. The van der Waals surface area contributed by atoms with Crippen LogP contribution in [0.2, 0.25) is 0 Å². The molecule has 2 amide bonds. The van der Waals surface area contributed by atoms with E-state index in [1.165, 1.54) is 12.8 Å². The summed E-state index contributed by atoms with van der Waals surface area (Å²) in [6.45, 7) is 4.83. The topological polar surface area (TPSA) is 52.7 Å². The smallest absolute Gasteiger partial charge is 0.227 e. The summed E-state index contributed by atoms with van der Waals surface area (Å²) < 4.78 is 0. The molecule has 0 atom stereocenters. The molecule has 0 spiro atoms. The molecule has 0 radical (unpaired) electrons. The Labute approximate surface area is 150 Å². The van der Waals surface area contributed by atoms with Crippen molar-refractivity contribution >= 4 is 11.8 Å². The highest BCUT2D eigenvalue weighted by Crippen LogP contribution is 2.19. The van der Waals surface area contributed by atoms with Crippen LogP contribution in [0.5, 0.6) is 0 Å². The molecule has 2 saturated heterocycles. The number of hydrogen-bond acceptors (Lipinski definition) is 3. The van der Waals surface area contributed by atoms with Gasteiger partial charge in [0, 0.05) is 32.6 Å². The van der Waals surface area contributed by atoms with Crippen molar-refractivity contribution in [3.8, 4) is 0 Å². The number of piperidine rings is 1. The van der Waals surface area contributed by atoms with Crippen molar-refractivity contribution in [1.29, 1.82) is 0 Å². The van der Waals surface area contributed by atoms with Crippen molar-refractivity contribution in [3.63, 3.8) is 0 Å². The Hall–Kier alpha value is -1.88. The van der Waals surface area contributed by atoms with Gasteiger partial charge in [-0.25, -0.2) is 0 Å². The van der Waals surface area contributed by atoms with E-state index in [-0.39, 0.29) is 11.8 Å². The fourth-order valence-corrected chi connectivity index (χ4v) is 3.74. The minimum Gasteiger partial charge on any atom is -0.339 e. The quantitative estimate of drug-likeness (QED) is 0.885. The van der Waals surface area contributed by atoms with Crippen LogP contribution in [-0.2, 0) is 16.0 Å². The van der Waals surface area contributed by atoms with Gasteiger partial charge in [-0.2, -0.15) is 0 Å². The van der Waals surface area contributed by atoms with E-state index in [1.807, 2.05) is 40.1 Å². The Balaban J connectivity index is 1.38. The van der Waals surface area contributed by atoms with Gasteiger partial charge in [0.25, 0.3) is 0 Å². The Morgan fingerprint density at radius 1 is 0.920 bits per heavy atom. The first-order chi connectivity index (χ1) is 12.2. The number of benzene rings is 1. The van der Waals surface area contributed by atoms with Gasteiger partial charge >= 0.3 is 0 Å². The molecule has 5 heteroatoms. The molecule has 2 heterocycles. The first-order valence-electron chi connectivity index (χ1n) is 9.52. The van der Waals surface area contributed by atoms with Gasteiger partial charge in [-0.05, 0) is 43.8 Å². The Morgan fingerprint density at radius 2 is 1.52 bits per heavy atom. The molecule has 1 N–H and O–H groups in total. The second kappa shape index (κ2) is 8.99. The number of nitrogens with zero attached hydrogens (tertiary/aromatic N) is 2. The molecule has 0 unspecified atom stereocenters. The first kappa shape index (κ1) is 17.9. The van der Waals surface area contributed by atoms with Crippen molar-refractivity contribution in [2.24, 2.45) is 5.92 Å². The van der Waals surface area contributed by atoms with E-state index in [1.54, 1.807) is 0 Å². The zero-order chi connectivity index (χ0) is 17.5. The highest BCUT2D eigenvalue weighted by molar-refractivity contribution is 5.80. The van der Waals surface area contributed by atoms with Gasteiger partial charge < -0.3 is 15.1 Å². The number of piperazine rings is 1. The van der Waals surface area contributed by atoms with Crippen LogP contribution in [0.3, 0.4) is 0 Å². The van der Waals surface area contributed by atoms with Gasteiger partial charge in [0.1, 0.15) is 0 Å². The zero-order valence-electron chi connectivity index (χ0n) is 15.0. The van der Waals surface area contributed by atoms with Crippen LogP contribution < -0.4 is 5.32 Å². The predicted octanol–water partition coefficient (Wildman–Crippen LogP) is 1.68. The maximum atomic E-state index is 12.4. The summed E-state index contributed by atoms with van der Waals surface area (Å²) in [7, 11) is 0. The van der Waals surface area contributed by atoms with Gasteiger partial charge in [-0.3, -0.25) is 9.59 Å². The normalized spacial score (nSPS) is 19.0. The van der Waals surface area contributed by atoms with Crippen molar-refractivity contribution in [1.82, 2.24) is 15.1 Å². The molecule has 0 saturated carbocycles. The molecule has 0 aliphatic carbocycles. The molecule has 1 aromatic rings. The number of nitrogens with one attached hydrogen (secondary N) is 1. The molecule has 2 aliphatic rings. The zero-order valence-corrected chi connectivity index (χ0v) is 15.0. The lowest BCUT2D eigenvalue weighted by atomic mass is 9.93. The Kier molecular flexibility index (Phi) is 6.45. The first-order valence-corrected chi connectivity index (χ1v) is 9.52. The number of rotatable bonds is 5. The van der Waals surface area contributed by atoms with E-state index in [2.05, 4.69) is 5.32 Å². The highest BCUT2D eigenvalue weighted by atomic mass is 16.2. The molecule has 136 valence electrons. The minimum atomic E-state index is 0.160. The summed E-state index contributed by atoms with van der Waals surface area (Å²) in [5.41, 5.74) is 1.05. The third-order valence-corrected chi connectivity index (χ3v) is 5.41. The second-order valence-electron chi connectivity index (χ2n) is 7.16. The van der Waals surface area contributed by atoms with Crippen LogP contribution in [-0.4, -0.2) is 60.9 Å². The Morgan fingerprint density at radius 3 is 2.16 bits per heavy atom. The molecule has 1 aromatic carbocycles. The van der Waals surface area contributed by atoms with Gasteiger partial charge in [-0.1, -0.05) is 30.3 Å². The van der Waals surface area contributed by atoms with Crippen molar-refractivity contribution in [3.05, 3.63) is 35.9 Å². The molecule has 0 aromatic heterocycles. The van der Waals surface area contributed by atoms with E-state index < -0.39 is 0 Å². The maximum absolute atomic E-state index is 12.4. The highest BCUT2D eigenvalue weighted by Gasteiger charge is 2.24. The van der Waals surface area contributed by atoms with Crippen LogP contribution in [0.25, 0.3) is 0 Å². The molecule has 5 nitrogen and oxygen atoms in total. The largest absolute Gasteiger partial charge is 0.339 e. The van der Waals surface area contributed by atoms with Crippen LogP contribution in [0, 0.1) is 5.92 Å². The minimum absolute atomic E-state index is 0.160. The lowest BCUT2D eigenvalue weighted by molar-refractivity contribution is -0.139. The van der Waals surface area contributed by atoms with E-state index in [0.717, 1.165) is 25.1 Å². The molecule has 2 fully saturated rings. The lowest BCUT2D eigenvalue weighted by Gasteiger charge is -2.35. The fourth-order valence-electron chi connectivity index (χ4n) is 3.74. The lowest BCUT2D eigenvalue weighted by Crippen LogP contribution is -2.51. The third-order valence-electron chi connectivity index (χ3n) is 5.41.